The van der Waals surface area contributed by atoms with Crippen LogP contribution < -0.4 is 0 Å². The molecule has 0 N–H and O–H groups in total. The van der Waals surface area contributed by atoms with Crippen LogP contribution >= 0.6 is 34.5 Å². The first-order valence-electron chi connectivity index (χ1n) is 5.33. The molecule has 2 aromatic rings. The third-order valence-corrected chi connectivity index (χ3v) is 4.94. The molecule has 0 unspecified atom stereocenters. The van der Waals surface area contributed by atoms with E-state index in [1.54, 1.807) is 18.2 Å². The summed E-state index contributed by atoms with van der Waals surface area (Å²) in [5, 5.41) is 5.82. The molecule has 100 valence electrons. The van der Waals surface area contributed by atoms with Gasteiger partial charge in [0.2, 0.25) is 0 Å². The zero-order valence-electron chi connectivity index (χ0n) is 9.71. The number of rotatable bonds is 4. The normalized spacial score (nSPS) is 12.1. The van der Waals surface area contributed by atoms with Crippen molar-refractivity contribution in [3.05, 3.63) is 61.6 Å². The molecule has 1 aromatic heterocycles. The predicted molar refractivity (Wildman–Crippen MR) is 82.4 cm³/mol. The highest BCUT2D eigenvalue weighted by atomic mass is 35.5. The summed E-state index contributed by atoms with van der Waals surface area (Å²) < 4.78 is 23.9. The second-order valence-corrected chi connectivity index (χ2v) is 7.41. The SMILES string of the molecule is O=S(=O)(C=Cc1ccsc1)Cc1ccc(Cl)cc1Cl. The van der Waals surface area contributed by atoms with Crippen LogP contribution in [0.2, 0.25) is 10.0 Å². The number of hydrogen-bond donors (Lipinski definition) is 0. The van der Waals surface area contributed by atoms with Crippen molar-refractivity contribution in [3.8, 4) is 0 Å². The lowest BCUT2D eigenvalue weighted by molar-refractivity contribution is 0.604. The van der Waals surface area contributed by atoms with Crippen molar-refractivity contribution in [2.45, 2.75) is 5.75 Å². The lowest BCUT2D eigenvalue weighted by atomic mass is 10.2. The van der Waals surface area contributed by atoms with E-state index in [1.165, 1.54) is 22.8 Å². The lowest BCUT2D eigenvalue weighted by Crippen LogP contribution is -2.00. The van der Waals surface area contributed by atoms with Gasteiger partial charge in [-0.15, -0.1) is 0 Å². The van der Waals surface area contributed by atoms with Gasteiger partial charge in [-0.2, -0.15) is 11.3 Å². The molecule has 1 aromatic carbocycles. The lowest BCUT2D eigenvalue weighted by Gasteiger charge is -2.03. The number of halogens is 2. The minimum atomic E-state index is -3.35. The van der Waals surface area contributed by atoms with Gasteiger partial charge in [0.15, 0.2) is 9.84 Å². The Labute approximate surface area is 126 Å². The van der Waals surface area contributed by atoms with Gasteiger partial charge in [-0.25, -0.2) is 8.42 Å². The van der Waals surface area contributed by atoms with Crippen molar-refractivity contribution < 1.29 is 8.42 Å². The highest BCUT2D eigenvalue weighted by Crippen LogP contribution is 2.23. The second kappa shape index (κ2) is 6.09. The Morgan fingerprint density at radius 1 is 1.21 bits per heavy atom. The predicted octanol–water partition coefficient (Wildman–Crippen LogP) is 4.64. The zero-order valence-corrected chi connectivity index (χ0v) is 12.9. The molecule has 0 saturated heterocycles. The van der Waals surface area contributed by atoms with E-state index in [9.17, 15) is 8.42 Å². The monoisotopic (exact) mass is 332 g/mol. The van der Waals surface area contributed by atoms with Gasteiger partial charge in [0.05, 0.1) is 5.75 Å². The van der Waals surface area contributed by atoms with E-state index in [0.717, 1.165) is 5.56 Å². The standard InChI is InChI=1S/C13H10Cl2O2S2/c14-12-2-1-11(13(15)7-12)9-19(16,17)6-4-10-3-5-18-8-10/h1-8H,9H2. The van der Waals surface area contributed by atoms with Crippen LogP contribution in [0.5, 0.6) is 0 Å². The molecule has 0 atom stereocenters. The molecular formula is C13H10Cl2O2S2. The first-order valence-corrected chi connectivity index (χ1v) is 8.75. The second-order valence-electron chi connectivity index (χ2n) is 3.90. The molecule has 0 spiro atoms. The van der Waals surface area contributed by atoms with E-state index in [4.69, 9.17) is 23.2 Å². The van der Waals surface area contributed by atoms with Crippen LogP contribution in [-0.4, -0.2) is 8.42 Å². The molecule has 1 heterocycles. The van der Waals surface area contributed by atoms with Gasteiger partial charge in [0, 0.05) is 15.5 Å². The number of hydrogen-bond acceptors (Lipinski definition) is 3. The van der Waals surface area contributed by atoms with Crippen LogP contribution in [0, 0.1) is 0 Å². The minimum absolute atomic E-state index is 0.135. The van der Waals surface area contributed by atoms with Crippen LogP contribution in [0.15, 0.2) is 40.4 Å². The van der Waals surface area contributed by atoms with Crippen molar-refractivity contribution >= 4 is 50.5 Å². The van der Waals surface area contributed by atoms with Crippen molar-refractivity contribution in [1.29, 1.82) is 0 Å². The molecule has 19 heavy (non-hydrogen) atoms. The van der Waals surface area contributed by atoms with Crippen LogP contribution in [0.1, 0.15) is 11.1 Å². The third kappa shape index (κ3) is 4.35. The summed E-state index contributed by atoms with van der Waals surface area (Å²) in [6.45, 7) is 0. The highest BCUT2D eigenvalue weighted by molar-refractivity contribution is 7.93. The van der Waals surface area contributed by atoms with Crippen molar-refractivity contribution in [2.24, 2.45) is 0 Å². The molecule has 0 amide bonds. The fourth-order valence-corrected chi connectivity index (χ4v) is 3.78. The van der Waals surface area contributed by atoms with Crippen LogP contribution in [0.25, 0.3) is 6.08 Å². The third-order valence-electron chi connectivity index (χ3n) is 2.38. The van der Waals surface area contributed by atoms with Gasteiger partial charge in [-0.05, 0) is 46.2 Å². The van der Waals surface area contributed by atoms with Gasteiger partial charge in [0.25, 0.3) is 0 Å². The maximum absolute atomic E-state index is 12.0. The summed E-state index contributed by atoms with van der Waals surface area (Å²) in [4.78, 5) is 0. The summed E-state index contributed by atoms with van der Waals surface area (Å²) in [7, 11) is -3.35. The molecule has 0 saturated carbocycles. The Balaban J connectivity index is 2.17. The summed E-state index contributed by atoms with van der Waals surface area (Å²) in [6.07, 6.45) is 1.58. The molecule has 2 rings (SSSR count). The largest absolute Gasteiger partial charge is 0.224 e. The average molecular weight is 333 g/mol. The Hall–Kier alpha value is -0.810. The van der Waals surface area contributed by atoms with Crippen molar-refractivity contribution in [2.75, 3.05) is 0 Å². The minimum Gasteiger partial charge on any atom is -0.224 e. The number of thiophene rings is 1. The quantitative estimate of drug-likeness (QED) is 0.817. The Bertz CT molecular complexity index is 689. The van der Waals surface area contributed by atoms with Crippen LogP contribution in [0.4, 0.5) is 0 Å². The molecule has 0 aliphatic rings. The van der Waals surface area contributed by atoms with Gasteiger partial charge in [0.1, 0.15) is 0 Å². The van der Waals surface area contributed by atoms with Crippen LogP contribution in [0.3, 0.4) is 0 Å². The smallest absolute Gasteiger partial charge is 0.175 e. The Morgan fingerprint density at radius 3 is 2.63 bits per heavy atom. The van der Waals surface area contributed by atoms with Crippen molar-refractivity contribution in [3.63, 3.8) is 0 Å². The first kappa shape index (κ1) is 14.6. The van der Waals surface area contributed by atoms with Gasteiger partial charge >= 0.3 is 0 Å². The molecule has 0 bridgehead atoms. The molecule has 0 radical (unpaired) electrons. The maximum atomic E-state index is 12.0. The molecule has 6 heteroatoms. The fraction of sp³-hybridized carbons (Fsp3) is 0.0769. The van der Waals surface area contributed by atoms with E-state index in [2.05, 4.69) is 0 Å². The Kier molecular flexibility index (Phi) is 4.68. The molecule has 2 nitrogen and oxygen atoms in total. The van der Waals surface area contributed by atoms with Crippen molar-refractivity contribution in [1.82, 2.24) is 0 Å². The average Bonchev–Trinajstić information content (AvgIpc) is 2.83. The Morgan fingerprint density at radius 2 is 2.00 bits per heavy atom. The number of benzene rings is 1. The zero-order chi connectivity index (χ0) is 13.9. The summed E-state index contributed by atoms with van der Waals surface area (Å²) in [5.74, 6) is -0.135. The summed E-state index contributed by atoms with van der Waals surface area (Å²) in [6, 6.07) is 6.64. The molecular weight excluding hydrogens is 323 g/mol. The van der Waals surface area contributed by atoms with E-state index in [-0.39, 0.29) is 5.75 Å². The summed E-state index contributed by atoms with van der Waals surface area (Å²) in [5.41, 5.74) is 1.41. The molecule has 0 aliphatic heterocycles. The van der Waals surface area contributed by atoms with Gasteiger partial charge in [-0.1, -0.05) is 29.3 Å². The van der Waals surface area contributed by atoms with E-state index in [0.29, 0.717) is 15.6 Å². The van der Waals surface area contributed by atoms with Crippen LogP contribution in [-0.2, 0) is 15.6 Å². The van der Waals surface area contributed by atoms with E-state index in [1.807, 2.05) is 16.8 Å². The molecule has 0 fully saturated rings. The fourth-order valence-electron chi connectivity index (χ4n) is 1.46. The topological polar surface area (TPSA) is 34.1 Å². The first-order chi connectivity index (χ1) is 8.96. The number of sulfone groups is 1. The maximum Gasteiger partial charge on any atom is 0.175 e. The summed E-state index contributed by atoms with van der Waals surface area (Å²) >= 11 is 13.3. The van der Waals surface area contributed by atoms with E-state index >= 15 is 0 Å². The van der Waals surface area contributed by atoms with E-state index < -0.39 is 9.84 Å². The molecule has 0 aliphatic carbocycles. The van der Waals surface area contributed by atoms with Gasteiger partial charge < -0.3 is 0 Å². The van der Waals surface area contributed by atoms with Gasteiger partial charge in [-0.3, -0.25) is 0 Å². The highest BCUT2D eigenvalue weighted by Gasteiger charge is 2.11.